The summed E-state index contributed by atoms with van der Waals surface area (Å²) >= 11 is 1.94. The number of nitrogens with two attached hydrogens (primary N) is 1. The Bertz CT molecular complexity index is 1410. The molecule has 2 saturated heterocycles. The van der Waals surface area contributed by atoms with Crippen molar-refractivity contribution < 1.29 is 4.79 Å². The molecule has 34 heavy (non-hydrogen) atoms. The van der Waals surface area contributed by atoms with Gasteiger partial charge in [-0.05, 0) is 73.6 Å². The molecule has 3 fully saturated rings. The number of fused-ring (bicyclic) bond motifs is 5. The van der Waals surface area contributed by atoms with Gasteiger partial charge in [-0.15, -0.1) is 11.3 Å². The van der Waals surface area contributed by atoms with E-state index in [9.17, 15) is 4.79 Å². The van der Waals surface area contributed by atoms with Crippen LogP contribution < -0.4 is 5.73 Å². The Morgan fingerprint density at radius 3 is 2.85 bits per heavy atom. The van der Waals surface area contributed by atoms with Crippen molar-refractivity contribution in [2.24, 2.45) is 11.7 Å². The largest absolute Gasteiger partial charge is 0.369 e. The molecule has 7 nitrogen and oxygen atoms in total. The number of H-pyrrole nitrogens is 1. The fraction of sp³-hybridized carbons (Fsp3) is 0.500. The van der Waals surface area contributed by atoms with Crippen molar-refractivity contribution in [3.05, 3.63) is 40.2 Å². The molecule has 0 aromatic carbocycles. The molecule has 3 atom stereocenters. The first-order valence-corrected chi connectivity index (χ1v) is 13.1. The van der Waals surface area contributed by atoms with Crippen LogP contribution in [0.2, 0.25) is 0 Å². The summed E-state index contributed by atoms with van der Waals surface area (Å²) < 4.78 is 1.87. The van der Waals surface area contributed by atoms with Crippen LogP contribution in [0.5, 0.6) is 0 Å². The first-order chi connectivity index (χ1) is 16.3. The number of pyridine rings is 1. The first-order valence-electron chi connectivity index (χ1n) is 12.3. The number of carbonyl (C=O) groups is 1. The lowest BCUT2D eigenvalue weighted by molar-refractivity contribution is -0.121. The minimum absolute atomic E-state index is 0.210. The number of aromatic nitrogens is 4. The number of thiophene rings is 1. The van der Waals surface area contributed by atoms with E-state index >= 15 is 0 Å². The van der Waals surface area contributed by atoms with E-state index in [1.807, 2.05) is 15.9 Å². The molecular formula is C26H32N6OS. The van der Waals surface area contributed by atoms with Gasteiger partial charge < -0.3 is 10.7 Å². The average molecular weight is 477 g/mol. The van der Waals surface area contributed by atoms with Gasteiger partial charge in [-0.2, -0.15) is 5.10 Å². The van der Waals surface area contributed by atoms with E-state index in [-0.39, 0.29) is 5.91 Å². The van der Waals surface area contributed by atoms with Gasteiger partial charge in [0.2, 0.25) is 5.91 Å². The maximum absolute atomic E-state index is 11.5. The number of hydrogen-bond donors (Lipinski definition) is 2. The molecule has 4 aromatic rings. The number of rotatable bonds is 5. The third kappa shape index (κ3) is 3.30. The topological polar surface area (TPSA) is 92.3 Å². The molecule has 1 aliphatic carbocycles. The van der Waals surface area contributed by atoms with Crippen molar-refractivity contribution >= 4 is 33.1 Å². The fourth-order valence-corrected chi connectivity index (χ4v) is 8.00. The number of nitrogens with zero attached hydrogens (tertiary/aromatic N) is 4. The summed E-state index contributed by atoms with van der Waals surface area (Å²) in [4.78, 5) is 24.8. The van der Waals surface area contributed by atoms with Crippen LogP contribution in [0.1, 0.15) is 66.5 Å². The second kappa shape index (κ2) is 7.92. The number of carbonyl (C=O) groups excluding carboxylic acids is 1. The van der Waals surface area contributed by atoms with E-state index < -0.39 is 0 Å². The van der Waals surface area contributed by atoms with E-state index in [2.05, 4.69) is 59.9 Å². The summed E-state index contributed by atoms with van der Waals surface area (Å²) in [5.41, 5.74) is 12.7. The van der Waals surface area contributed by atoms with E-state index in [4.69, 9.17) is 5.73 Å². The Hall–Kier alpha value is -2.71. The van der Waals surface area contributed by atoms with Gasteiger partial charge in [-0.25, -0.2) is 9.50 Å². The molecule has 3 N–H and O–H groups in total. The lowest BCUT2D eigenvalue weighted by atomic mass is 9.70. The Kier molecular flexibility index (Phi) is 5.08. The number of hydrogen-bond acceptors (Lipinski definition) is 5. The highest BCUT2D eigenvalue weighted by atomic mass is 32.1. The lowest BCUT2D eigenvalue weighted by Gasteiger charge is -2.49. The summed E-state index contributed by atoms with van der Waals surface area (Å²) in [7, 11) is 0. The lowest BCUT2D eigenvalue weighted by Crippen LogP contribution is -2.53. The summed E-state index contributed by atoms with van der Waals surface area (Å²) in [5, 5.41) is 5.78. The summed E-state index contributed by atoms with van der Waals surface area (Å²) in [6.07, 6.45) is 7.26. The molecule has 6 heterocycles. The number of amides is 1. The second-order valence-corrected chi connectivity index (χ2v) is 11.6. The minimum Gasteiger partial charge on any atom is -0.369 e. The van der Waals surface area contributed by atoms with Crippen LogP contribution in [0.4, 0.5) is 0 Å². The summed E-state index contributed by atoms with van der Waals surface area (Å²) in [6.45, 7) is 10.4. The normalized spacial score (nSPS) is 23.0. The molecule has 8 heteroatoms. The Labute approximate surface area is 203 Å². The van der Waals surface area contributed by atoms with Crippen molar-refractivity contribution in [2.75, 3.05) is 13.1 Å². The molecule has 1 amide bonds. The smallest absolute Gasteiger partial charge is 0.231 e. The molecule has 4 aromatic heterocycles. The van der Waals surface area contributed by atoms with Crippen LogP contribution in [0.15, 0.2) is 18.6 Å². The molecule has 3 aliphatic rings. The predicted octanol–water partition coefficient (Wildman–Crippen LogP) is 4.73. The zero-order chi connectivity index (χ0) is 23.7. The molecule has 2 aliphatic heterocycles. The number of aromatic amines is 1. The van der Waals surface area contributed by atoms with Crippen molar-refractivity contribution in [1.82, 2.24) is 24.5 Å². The minimum atomic E-state index is -0.210. The van der Waals surface area contributed by atoms with Gasteiger partial charge in [0.05, 0.1) is 12.2 Å². The Morgan fingerprint density at radius 2 is 2.15 bits per heavy atom. The number of nitrogens with one attached hydrogen (secondary N) is 1. The van der Waals surface area contributed by atoms with E-state index in [1.165, 1.54) is 44.8 Å². The van der Waals surface area contributed by atoms with Crippen LogP contribution in [0, 0.1) is 19.8 Å². The highest BCUT2D eigenvalue weighted by molar-refractivity contribution is 7.19. The maximum Gasteiger partial charge on any atom is 0.231 e. The predicted molar refractivity (Wildman–Crippen MR) is 136 cm³/mol. The molecule has 1 saturated carbocycles. The number of aryl methyl sites for hydroxylation is 2. The zero-order valence-corrected chi connectivity index (χ0v) is 21.1. The van der Waals surface area contributed by atoms with Crippen molar-refractivity contribution in [1.29, 1.82) is 0 Å². The van der Waals surface area contributed by atoms with Gasteiger partial charge in [0.25, 0.3) is 0 Å². The van der Waals surface area contributed by atoms with Crippen molar-refractivity contribution in [2.45, 2.75) is 64.8 Å². The molecule has 2 unspecified atom stereocenters. The zero-order valence-electron chi connectivity index (χ0n) is 20.3. The van der Waals surface area contributed by atoms with Gasteiger partial charge in [0.1, 0.15) is 11.2 Å². The highest BCUT2D eigenvalue weighted by Crippen LogP contribution is 2.51. The van der Waals surface area contributed by atoms with Crippen LogP contribution in [-0.2, 0) is 4.79 Å². The van der Waals surface area contributed by atoms with E-state index in [0.29, 0.717) is 30.3 Å². The second-order valence-electron chi connectivity index (χ2n) is 10.5. The van der Waals surface area contributed by atoms with Crippen LogP contribution >= 0.6 is 11.3 Å². The van der Waals surface area contributed by atoms with Gasteiger partial charge in [-0.3, -0.25) is 9.69 Å². The third-order valence-corrected chi connectivity index (χ3v) is 9.37. The maximum atomic E-state index is 11.5. The molecule has 2 bridgehead atoms. The summed E-state index contributed by atoms with van der Waals surface area (Å²) in [5.74, 6) is 1.36. The quantitative estimate of drug-likeness (QED) is 0.435. The Balaban J connectivity index is 1.41. The summed E-state index contributed by atoms with van der Waals surface area (Å²) in [6, 6.07) is 2.69. The van der Waals surface area contributed by atoms with Crippen LogP contribution in [0.25, 0.3) is 27.1 Å². The van der Waals surface area contributed by atoms with Crippen molar-refractivity contribution in [3.8, 4) is 11.3 Å². The molecule has 7 rings (SSSR count). The van der Waals surface area contributed by atoms with E-state index in [1.54, 1.807) is 6.33 Å². The van der Waals surface area contributed by atoms with Crippen LogP contribution in [0.3, 0.4) is 0 Å². The van der Waals surface area contributed by atoms with E-state index in [0.717, 1.165) is 29.7 Å². The molecule has 0 spiro atoms. The SMILES string of the molecule is Cc1c([C@@H]2CC3CCC2CN3CC(N)=O)sc2[nH]c(-c3cc(C)c4ncnn4c3)c(C(C)C)c12. The van der Waals surface area contributed by atoms with Gasteiger partial charge >= 0.3 is 0 Å². The average Bonchev–Trinajstić information content (AvgIpc) is 3.48. The molecule has 178 valence electrons. The number of piperidine rings is 2. The van der Waals surface area contributed by atoms with Crippen LogP contribution in [-0.4, -0.2) is 49.5 Å². The standard InChI is InChI=1S/C26H32N6OS/c1-13(2)21-22-15(4)24(19-8-18-6-5-16(19)9-31(18)11-20(27)33)34-26(22)30-23(21)17-7-14(3)25-28-12-29-32(25)10-17/h7,10,12-13,16,18-19,30H,5-6,8-9,11H2,1-4H3,(H2,27,33)/t16?,18?,19-/m1/s1. The van der Waals surface area contributed by atoms with Crippen molar-refractivity contribution in [3.63, 3.8) is 0 Å². The van der Waals surface area contributed by atoms with Gasteiger partial charge in [0, 0.05) is 34.6 Å². The first kappa shape index (κ1) is 21.8. The third-order valence-electron chi connectivity index (χ3n) is 8.03. The fourth-order valence-electron chi connectivity index (χ4n) is 6.56. The molecule has 0 radical (unpaired) electrons. The van der Waals surface area contributed by atoms with Gasteiger partial charge in [-0.1, -0.05) is 13.8 Å². The highest BCUT2D eigenvalue weighted by Gasteiger charge is 2.42. The molecular weight excluding hydrogens is 444 g/mol. The number of primary amides is 1. The Morgan fingerprint density at radius 1 is 1.32 bits per heavy atom. The monoisotopic (exact) mass is 476 g/mol. The van der Waals surface area contributed by atoms with Gasteiger partial charge in [0.15, 0.2) is 5.65 Å².